The maximum atomic E-state index is 14.0. The second-order valence-electron chi connectivity index (χ2n) is 5.69. The second kappa shape index (κ2) is 7.71. The first-order chi connectivity index (χ1) is 11.7. The monoisotopic (exact) mass is 345 g/mol. The molecule has 0 spiro atoms. The molecule has 0 aromatic heterocycles. The fraction of sp³-hybridized carbons (Fsp3) is 0.316. The van der Waals surface area contributed by atoms with Crippen LogP contribution >= 0.6 is 11.8 Å². The Morgan fingerprint density at radius 2 is 2.04 bits per heavy atom. The van der Waals surface area contributed by atoms with E-state index in [4.69, 9.17) is 4.74 Å². The first-order valence-electron chi connectivity index (χ1n) is 7.98. The number of hydrogen-bond donors (Lipinski definition) is 0. The molecule has 0 N–H and O–H groups in total. The van der Waals surface area contributed by atoms with Crippen LogP contribution in [0, 0.1) is 5.82 Å². The number of rotatable bonds is 3. The molecule has 1 aliphatic heterocycles. The minimum atomic E-state index is -0.164. The van der Waals surface area contributed by atoms with Gasteiger partial charge in [0.2, 0.25) is 0 Å². The number of nitrogens with zero attached hydrogens (tertiary/aromatic N) is 1. The summed E-state index contributed by atoms with van der Waals surface area (Å²) >= 11 is 1.72. The number of amides is 1. The van der Waals surface area contributed by atoms with Gasteiger partial charge in [-0.25, -0.2) is 4.39 Å². The number of ether oxygens (including phenoxy) is 1. The number of benzene rings is 2. The fourth-order valence-electron chi connectivity index (χ4n) is 2.90. The van der Waals surface area contributed by atoms with Crippen molar-refractivity contribution in [3.63, 3.8) is 0 Å². The third-order valence-corrected chi connectivity index (χ3v) is 5.51. The Morgan fingerprint density at radius 3 is 2.83 bits per heavy atom. The molecule has 2 aromatic rings. The molecule has 1 fully saturated rings. The lowest BCUT2D eigenvalue weighted by Gasteiger charge is -2.20. The van der Waals surface area contributed by atoms with Crippen LogP contribution in [0.15, 0.2) is 48.5 Å². The van der Waals surface area contributed by atoms with Crippen molar-refractivity contribution in [1.29, 1.82) is 0 Å². The number of methoxy groups -OCH3 is 1. The number of carbonyl (C=O) groups excluding carboxylic acids is 1. The third-order valence-electron chi connectivity index (χ3n) is 4.20. The van der Waals surface area contributed by atoms with Crippen molar-refractivity contribution in [3.05, 3.63) is 65.5 Å². The van der Waals surface area contributed by atoms with Crippen LogP contribution < -0.4 is 4.74 Å². The van der Waals surface area contributed by atoms with Gasteiger partial charge in [0, 0.05) is 35.2 Å². The molecule has 126 valence electrons. The van der Waals surface area contributed by atoms with Crippen LogP contribution in [0.2, 0.25) is 0 Å². The Bertz CT molecular complexity index is 722. The fourth-order valence-corrected chi connectivity index (χ4v) is 4.15. The predicted molar refractivity (Wildman–Crippen MR) is 95.1 cm³/mol. The first kappa shape index (κ1) is 16.8. The van der Waals surface area contributed by atoms with Crippen LogP contribution in [0.1, 0.15) is 27.6 Å². The largest absolute Gasteiger partial charge is 0.497 e. The second-order valence-corrected chi connectivity index (χ2v) is 7.00. The van der Waals surface area contributed by atoms with Crippen LogP contribution in [0.25, 0.3) is 0 Å². The molecule has 1 amide bonds. The maximum Gasteiger partial charge on any atom is 0.254 e. The molecular formula is C19H20FNO2S. The molecule has 3 nitrogen and oxygen atoms in total. The summed E-state index contributed by atoms with van der Waals surface area (Å²) in [5.41, 5.74) is 1.36. The van der Waals surface area contributed by atoms with Crippen LogP contribution in [0.5, 0.6) is 5.75 Å². The molecule has 1 atom stereocenters. The standard InChI is InChI=1S/C19H20FNO2S/c1-23-15-6-4-5-14(13-15)19(22)21-10-9-18(24-12-11-21)16-7-2-3-8-17(16)20/h2-8,13,18H,9-12H2,1H3. The van der Waals surface area contributed by atoms with E-state index in [2.05, 4.69) is 0 Å². The molecule has 1 unspecified atom stereocenters. The van der Waals surface area contributed by atoms with E-state index in [9.17, 15) is 9.18 Å². The van der Waals surface area contributed by atoms with Crippen molar-refractivity contribution in [2.24, 2.45) is 0 Å². The quantitative estimate of drug-likeness (QED) is 0.837. The zero-order valence-corrected chi connectivity index (χ0v) is 14.4. The van der Waals surface area contributed by atoms with Gasteiger partial charge in [0.15, 0.2) is 0 Å². The van der Waals surface area contributed by atoms with Crippen LogP contribution in [0.4, 0.5) is 4.39 Å². The molecule has 3 rings (SSSR count). The van der Waals surface area contributed by atoms with Gasteiger partial charge in [0.1, 0.15) is 11.6 Å². The van der Waals surface area contributed by atoms with Gasteiger partial charge in [-0.15, -0.1) is 0 Å². The van der Waals surface area contributed by atoms with E-state index >= 15 is 0 Å². The van der Waals surface area contributed by atoms with Crippen molar-refractivity contribution in [1.82, 2.24) is 4.90 Å². The molecule has 1 heterocycles. The highest BCUT2D eigenvalue weighted by Crippen LogP contribution is 2.35. The van der Waals surface area contributed by atoms with Crippen molar-refractivity contribution in [2.75, 3.05) is 26.0 Å². The summed E-state index contributed by atoms with van der Waals surface area (Å²) in [7, 11) is 1.59. The Hall–Kier alpha value is -2.01. The van der Waals surface area contributed by atoms with E-state index in [0.717, 1.165) is 17.7 Å². The van der Waals surface area contributed by atoms with Crippen LogP contribution in [-0.4, -0.2) is 36.8 Å². The summed E-state index contributed by atoms with van der Waals surface area (Å²) in [6, 6.07) is 14.1. The molecule has 0 saturated carbocycles. The van der Waals surface area contributed by atoms with Gasteiger partial charge in [-0.1, -0.05) is 24.3 Å². The molecule has 24 heavy (non-hydrogen) atoms. The van der Waals surface area contributed by atoms with Gasteiger partial charge in [0.25, 0.3) is 5.91 Å². The predicted octanol–water partition coefficient (Wildman–Crippen LogP) is 4.15. The number of carbonyl (C=O) groups is 1. The van der Waals surface area contributed by atoms with Crippen LogP contribution in [0.3, 0.4) is 0 Å². The van der Waals surface area contributed by atoms with E-state index in [-0.39, 0.29) is 17.0 Å². The van der Waals surface area contributed by atoms with Gasteiger partial charge >= 0.3 is 0 Å². The van der Waals surface area contributed by atoms with Crippen molar-refractivity contribution >= 4 is 17.7 Å². The minimum absolute atomic E-state index is 0.00341. The number of hydrogen-bond acceptors (Lipinski definition) is 3. The average molecular weight is 345 g/mol. The smallest absolute Gasteiger partial charge is 0.254 e. The van der Waals surface area contributed by atoms with Gasteiger partial charge < -0.3 is 9.64 Å². The molecule has 1 aliphatic rings. The normalized spacial score (nSPS) is 18.1. The molecule has 2 aromatic carbocycles. The highest BCUT2D eigenvalue weighted by Gasteiger charge is 2.24. The van der Waals surface area contributed by atoms with Gasteiger partial charge in [-0.3, -0.25) is 4.79 Å². The lowest BCUT2D eigenvalue weighted by molar-refractivity contribution is 0.0766. The Balaban J connectivity index is 1.71. The summed E-state index contributed by atoms with van der Waals surface area (Å²) in [6.45, 7) is 1.30. The third kappa shape index (κ3) is 3.73. The summed E-state index contributed by atoms with van der Waals surface area (Å²) < 4.78 is 19.2. The summed E-state index contributed by atoms with van der Waals surface area (Å²) in [5, 5.41) is 0.0920. The van der Waals surface area contributed by atoms with Gasteiger partial charge in [0.05, 0.1) is 7.11 Å². The van der Waals surface area contributed by atoms with Crippen molar-refractivity contribution in [3.8, 4) is 5.75 Å². The Morgan fingerprint density at radius 1 is 1.21 bits per heavy atom. The number of halogens is 1. The maximum absolute atomic E-state index is 14.0. The molecule has 0 bridgehead atoms. The van der Waals surface area contributed by atoms with E-state index in [0.29, 0.717) is 24.4 Å². The molecule has 0 radical (unpaired) electrons. The Labute approximate surface area is 145 Å². The lowest BCUT2D eigenvalue weighted by atomic mass is 10.1. The van der Waals surface area contributed by atoms with Crippen LogP contribution in [-0.2, 0) is 0 Å². The lowest BCUT2D eigenvalue weighted by Crippen LogP contribution is -2.32. The van der Waals surface area contributed by atoms with E-state index < -0.39 is 0 Å². The molecule has 5 heteroatoms. The van der Waals surface area contributed by atoms with Gasteiger partial charge in [-0.05, 0) is 30.7 Å². The van der Waals surface area contributed by atoms with E-state index in [1.807, 2.05) is 29.2 Å². The number of thioether (sulfide) groups is 1. The zero-order chi connectivity index (χ0) is 16.9. The molecular weight excluding hydrogens is 325 g/mol. The highest BCUT2D eigenvalue weighted by molar-refractivity contribution is 7.99. The summed E-state index contributed by atoms with van der Waals surface area (Å²) in [6.07, 6.45) is 0.751. The van der Waals surface area contributed by atoms with E-state index in [1.54, 1.807) is 37.1 Å². The highest BCUT2D eigenvalue weighted by atomic mass is 32.2. The van der Waals surface area contributed by atoms with Crippen molar-refractivity contribution in [2.45, 2.75) is 11.7 Å². The van der Waals surface area contributed by atoms with Gasteiger partial charge in [-0.2, -0.15) is 11.8 Å². The Kier molecular flexibility index (Phi) is 5.41. The first-order valence-corrected chi connectivity index (χ1v) is 9.03. The average Bonchev–Trinajstić information content (AvgIpc) is 2.87. The molecule has 1 saturated heterocycles. The summed E-state index contributed by atoms with van der Waals surface area (Å²) in [5.74, 6) is 1.31. The SMILES string of the molecule is COc1cccc(C(=O)N2CCSC(c3ccccc3F)CC2)c1. The molecule has 0 aliphatic carbocycles. The topological polar surface area (TPSA) is 29.5 Å². The zero-order valence-electron chi connectivity index (χ0n) is 13.6. The summed E-state index contributed by atoms with van der Waals surface area (Å²) in [4.78, 5) is 14.6. The minimum Gasteiger partial charge on any atom is -0.497 e. The van der Waals surface area contributed by atoms with E-state index in [1.165, 1.54) is 6.07 Å². The van der Waals surface area contributed by atoms with Crippen molar-refractivity contribution < 1.29 is 13.9 Å².